The summed E-state index contributed by atoms with van der Waals surface area (Å²) in [5.41, 5.74) is 3.02. The number of nitrogens with one attached hydrogen (secondary N) is 1. The lowest BCUT2D eigenvalue weighted by molar-refractivity contribution is 0.102. The molecule has 2 aromatic heterocycles. The highest BCUT2D eigenvalue weighted by Gasteiger charge is 2.19. The van der Waals surface area contributed by atoms with Crippen molar-refractivity contribution in [2.24, 2.45) is 0 Å². The molecule has 0 aliphatic rings. The van der Waals surface area contributed by atoms with Crippen LogP contribution in [0.25, 0.3) is 11.4 Å². The Morgan fingerprint density at radius 1 is 1.04 bits per heavy atom. The van der Waals surface area contributed by atoms with E-state index in [0.29, 0.717) is 11.4 Å². The van der Waals surface area contributed by atoms with Crippen LogP contribution >= 0.6 is 0 Å². The van der Waals surface area contributed by atoms with Crippen LogP contribution in [0.1, 0.15) is 21.7 Å². The largest absolute Gasteiger partial charge is 0.318 e. The van der Waals surface area contributed by atoms with E-state index in [1.807, 2.05) is 31.2 Å². The Morgan fingerprint density at radius 3 is 2.50 bits per heavy atom. The Bertz CT molecular complexity index is 1140. The number of aromatic nitrogens is 7. The topological polar surface area (TPSA) is 103 Å². The van der Waals surface area contributed by atoms with E-state index in [1.165, 1.54) is 29.2 Å². The normalized spacial score (nSPS) is 10.8. The molecule has 0 bridgehead atoms. The minimum Gasteiger partial charge on any atom is -0.318 e. The van der Waals surface area contributed by atoms with E-state index in [9.17, 15) is 9.18 Å². The first-order chi connectivity index (χ1) is 13.5. The summed E-state index contributed by atoms with van der Waals surface area (Å²) in [5.74, 6) is -1.16. The molecule has 28 heavy (non-hydrogen) atoms. The van der Waals surface area contributed by atoms with Gasteiger partial charge in [-0.3, -0.25) is 4.79 Å². The third kappa shape index (κ3) is 3.22. The molecule has 1 amide bonds. The Hall–Kier alpha value is -3.95. The fraction of sp³-hybridized carbons (Fsp3) is 0.111. The van der Waals surface area contributed by atoms with Crippen LogP contribution in [0.4, 0.5) is 10.1 Å². The number of anilines is 1. The van der Waals surface area contributed by atoms with Crippen molar-refractivity contribution in [3.05, 3.63) is 71.6 Å². The molecule has 4 rings (SSSR count). The highest BCUT2D eigenvalue weighted by molar-refractivity contribution is 6.03. The fourth-order valence-corrected chi connectivity index (χ4v) is 2.68. The second-order valence-electron chi connectivity index (χ2n) is 6.14. The number of halogens is 1. The first kappa shape index (κ1) is 17.5. The quantitative estimate of drug-likeness (QED) is 0.584. The summed E-state index contributed by atoms with van der Waals surface area (Å²) in [5, 5.41) is 21.3. The number of hydrogen-bond donors (Lipinski definition) is 1. The maximum Gasteiger partial charge on any atom is 0.278 e. The van der Waals surface area contributed by atoms with Crippen molar-refractivity contribution < 1.29 is 9.18 Å². The van der Waals surface area contributed by atoms with Gasteiger partial charge in [0, 0.05) is 0 Å². The first-order valence-corrected chi connectivity index (χ1v) is 8.36. The fourth-order valence-electron chi connectivity index (χ4n) is 2.68. The third-order valence-electron chi connectivity index (χ3n) is 4.20. The molecule has 0 fully saturated rings. The Balaban J connectivity index is 1.61. The smallest absolute Gasteiger partial charge is 0.278 e. The van der Waals surface area contributed by atoms with Gasteiger partial charge in [-0.25, -0.2) is 13.8 Å². The van der Waals surface area contributed by atoms with Crippen LogP contribution < -0.4 is 5.32 Å². The van der Waals surface area contributed by atoms with Gasteiger partial charge in [-0.15, -0.1) is 10.2 Å². The molecule has 0 radical (unpaired) electrons. The SMILES string of the molecule is Cc1ccc(-n2nnc(C(=O)Nc3cc(-n4cnnn4)ccc3F)c2C)cc1. The number of carbonyl (C=O) groups is 1. The van der Waals surface area contributed by atoms with Gasteiger partial charge < -0.3 is 5.32 Å². The van der Waals surface area contributed by atoms with Gasteiger partial charge in [0.25, 0.3) is 5.91 Å². The average Bonchev–Trinajstić information content (AvgIpc) is 3.34. The molecule has 9 nitrogen and oxygen atoms in total. The van der Waals surface area contributed by atoms with Gasteiger partial charge >= 0.3 is 0 Å². The predicted octanol–water partition coefficient (Wildman–Crippen LogP) is 2.25. The molecule has 0 saturated heterocycles. The minimum atomic E-state index is -0.589. The molecule has 2 heterocycles. The van der Waals surface area contributed by atoms with Crippen LogP contribution in [0.15, 0.2) is 48.8 Å². The maximum absolute atomic E-state index is 14.2. The molecule has 0 atom stereocenters. The highest BCUT2D eigenvalue weighted by atomic mass is 19.1. The zero-order valence-corrected chi connectivity index (χ0v) is 15.0. The van der Waals surface area contributed by atoms with Crippen LogP contribution in [-0.4, -0.2) is 41.1 Å². The minimum absolute atomic E-state index is 0.0118. The second kappa shape index (κ2) is 6.99. The van der Waals surface area contributed by atoms with Crippen LogP contribution in [0, 0.1) is 19.7 Å². The number of rotatable bonds is 4. The van der Waals surface area contributed by atoms with E-state index >= 15 is 0 Å². The number of nitrogens with zero attached hydrogens (tertiary/aromatic N) is 7. The van der Waals surface area contributed by atoms with Gasteiger partial charge in [-0.05, 0) is 54.6 Å². The molecule has 0 aliphatic carbocycles. The van der Waals surface area contributed by atoms with Crippen molar-refractivity contribution in [3.63, 3.8) is 0 Å². The number of carbonyl (C=O) groups excluding carboxylic acids is 1. The molecule has 0 aliphatic heterocycles. The standard InChI is InChI=1S/C18H15FN8O/c1-11-3-5-13(6-4-11)27-12(2)17(22-24-27)18(28)21-16-9-14(7-8-15(16)19)26-10-20-23-25-26/h3-10H,1-2H3,(H,21,28). The van der Waals surface area contributed by atoms with Gasteiger partial charge in [-0.2, -0.15) is 0 Å². The van der Waals surface area contributed by atoms with Crippen LogP contribution in [0.5, 0.6) is 0 Å². The molecule has 2 aromatic carbocycles. The van der Waals surface area contributed by atoms with Crippen molar-refractivity contribution in [1.82, 2.24) is 35.2 Å². The van der Waals surface area contributed by atoms with E-state index in [4.69, 9.17) is 0 Å². The van der Waals surface area contributed by atoms with Crippen molar-refractivity contribution >= 4 is 11.6 Å². The van der Waals surface area contributed by atoms with Crippen LogP contribution in [0.2, 0.25) is 0 Å². The number of benzene rings is 2. The summed E-state index contributed by atoms with van der Waals surface area (Å²) in [4.78, 5) is 12.6. The van der Waals surface area contributed by atoms with Gasteiger partial charge in [-0.1, -0.05) is 22.9 Å². The highest BCUT2D eigenvalue weighted by Crippen LogP contribution is 2.20. The summed E-state index contributed by atoms with van der Waals surface area (Å²) in [6.45, 7) is 3.71. The summed E-state index contributed by atoms with van der Waals surface area (Å²) in [7, 11) is 0. The summed E-state index contributed by atoms with van der Waals surface area (Å²) in [6, 6.07) is 11.8. The molecular weight excluding hydrogens is 363 g/mol. The molecule has 0 spiro atoms. The lowest BCUT2D eigenvalue weighted by Crippen LogP contribution is -2.15. The van der Waals surface area contributed by atoms with Crippen molar-refractivity contribution in [1.29, 1.82) is 0 Å². The summed E-state index contributed by atoms with van der Waals surface area (Å²) >= 11 is 0. The van der Waals surface area contributed by atoms with Crippen molar-refractivity contribution in [2.75, 3.05) is 5.32 Å². The van der Waals surface area contributed by atoms with Gasteiger partial charge in [0.1, 0.15) is 12.1 Å². The van der Waals surface area contributed by atoms with Gasteiger partial charge in [0.15, 0.2) is 5.69 Å². The Kier molecular flexibility index (Phi) is 4.36. The van der Waals surface area contributed by atoms with Gasteiger partial charge in [0.05, 0.1) is 22.8 Å². The number of hydrogen-bond acceptors (Lipinski definition) is 6. The predicted molar refractivity (Wildman–Crippen MR) is 97.9 cm³/mol. The van der Waals surface area contributed by atoms with E-state index in [2.05, 4.69) is 31.2 Å². The maximum atomic E-state index is 14.2. The monoisotopic (exact) mass is 378 g/mol. The third-order valence-corrected chi connectivity index (χ3v) is 4.20. The molecule has 0 saturated carbocycles. The lowest BCUT2D eigenvalue weighted by Gasteiger charge is -2.08. The zero-order valence-electron chi connectivity index (χ0n) is 15.0. The first-order valence-electron chi connectivity index (χ1n) is 8.36. The summed E-state index contributed by atoms with van der Waals surface area (Å²) < 4.78 is 17.1. The van der Waals surface area contributed by atoms with E-state index < -0.39 is 11.7 Å². The molecule has 4 aromatic rings. The zero-order chi connectivity index (χ0) is 19.7. The number of tetrazole rings is 1. The Morgan fingerprint density at radius 2 is 1.79 bits per heavy atom. The number of amides is 1. The van der Waals surface area contributed by atoms with Crippen molar-refractivity contribution in [3.8, 4) is 11.4 Å². The van der Waals surface area contributed by atoms with Crippen LogP contribution in [-0.2, 0) is 0 Å². The molecule has 0 unspecified atom stereocenters. The Labute approximate surface area is 158 Å². The van der Waals surface area contributed by atoms with E-state index in [0.717, 1.165) is 11.3 Å². The molecule has 140 valence electrons. The van der Waals surface area contributed by atoms with E-state index in [1.54, 1.807) is 11.6 Å². The van der Waals surface area contributed by atoms with Crippen molar-refractivity contribution in [2.45, 2.75) is 13.8 Å². The molecular formula is C18H15FN8O. The summed E-state index contributed by atoms with van der Waals surface area (Å²) in [6.07, 6.45) is 1.37. The second-order valence-corrected chi connectivity index (χ2v) is 6.14. The van der Waals surface area contributed by atoms with Crippen LogP contribution in [0.3, 0.4) is 0 Å². The lowest BCUT2D eigenvalue weighted by atomic mass is 10.2. The molecule has 10 heteroatoms. The molecule has 1 N–H and O–H groups in total. The van der Waals surface area contributed by atoms with E-state index in [-0.39, 0.29) is 11.4 Å². The van der Waals surface area contributed by atoms with Gasteiger partial charge in [0.2, 0.25) is 0 Å². The number of aryl methyl sites for hydroxylation is 1. The average molecular weight is 378 g/mol.